The average Bonchev–Trinajstić information content (AvgIpc) is 3.25. The van der Waals surface area contributed by atoms with E-state index in [1.54, 1.807) is 18.2 Å². The molecule has 0 atom stereocenters. The van der Waals surface area contributed by atoms with Gasteiger partial charge in [-0.2, -0.15) is 0 Å². The molecule has 0 saturated carbocycles. The molecule has 0 aliphatic carbocycles. The number of aryl methyl sites for hydroxylation is 1. The van der Waals surface area contributed by atoms with Crippen molar-refractivity contribution in [3.8, 4) is 0 Å². The summed E-state index contributed by atoms with van der Waals surface area (Å²) in [5, 5.41) is 0.730. The Morgan fingerprint density at radius 1 is 1.19 bits per heavy atom. The summed E-state index contributed by atoms with van der Waals surface area (Å²) in [5.74, 6) is -0.989. The molecule has 0 saturated heterocycles. The summed E-state index contributed by atoms with van der Waals surface area (Å²) >= 11 is 0. The summed E-state index contributed by atoms with van der Waals surface area (Å²) in [4.78, 5) is 41.8. The summed E-state index contributed by atoms with van der Waals surface area (Å²) in [7, 11) is 0. The van der Waals surface area contributed by atoms with Gasteiger partial charge < -0.3 is 13.7 Å². The van der Waals surface area contributed by atoms with Gasteiger partial charge in [-0.1, -0.05) is 12.1 Å². The van der Waals surface area contributed by atoms with Gasteiger partial charge in [-0.25, -0.2) is 4.98 Å². The number of carbonyl (C=O) groups excluding carboxylic acids is 2. The molecule has 0 spiro atoms. The Bertz CT molecular complexity index is 1370. The topological polar surface area (TPSA) is 96.3 Å². The van der Waals surface area contributed by atoms with Gasteiger partial charge in [0.1, 0.15) is 17.6 Å². The predicted molar refractivity (Wildman–Crippen MR) is 115 cm³/mol. The van der Waals surface area contributed by atoms with Crippen molar-refractivity contribution in [1.29, 1.82) is 0 Å². The first-order chi connectivity index (χ1) is 14.8. The zero-order valence-corrected chi connectivity index (χ0v) is 17.8. The van der Waals surface area contributed by atoms with Crippen LogP contribution >= 0.6 is 0 Å². The minimum absolute atomic E-state index is 0.0775. The summed E-state index contributed by atoms with van der Waals surface area (Å²) in [6.45, 7) is 7.13. The van der Waals surface area contributed by atoms with E-state index in [2.05, 4.69) is 9.55 Å². The van der Waals surface area contributed by atoms with E-state index in [-0.39, 0.29) is 24.0 Å². The van der Waals surface area contributed by atoms with Gasteiger partial charge in [0.25, 0.3) is 5.56 Å². The molecule has 0 unspecified atom stereocenters. The molecule has 3 heterocycles. The van der Waals surface area contributed by atoms with E-state index in [0.29, 0.717) is 16.7 Å². The van der Waals surface area contributed by atoms with Crippen LogP contribution < -0.4 is 5.56 Å². The van der Waals surface area contributed by atoms with Crippen molar-refractivity contribution in [3.05, 3.63) is 64.0 Å². The van der Waals surface area contributed by atoms with Gasteiger partial charge in [-0.05, 0) is 45.9 Å². The number of benzene rings is 1. The van der Waals surface area contributed by atoms with Crippen LogP contribution in [0.5, 0.6) is 0 Å². The lowest BCUT2D eigenvalue weighted by atomic mass is 10.1. The van der Waals surface area contributed by atoms with Gasteiger partial charge in [0.2, 0.25) is 11.4 Å². The molecule has 31 heavy (non-hydrogen) atoms. The van der Waals surface area contributed by atoms with Gasteiger partial charge >= 0.3 is 5.97 Å². The first kappa shape index (κ1) is 20.6. The van der Waals surface area contributed by atoms with E-state index >= 15 is 0 Å². The minimum Gasteiger partial charge on any atom is -0.456 e. The van der Waals surface area contributed by atoms with E-state index in [0.717, 1.165) is 21.3 Å². The predicted octanol–water partition coefficient (Wildman–Crippen LogP) is 3.57. The highest BCUT2D eigenvalue weighted by Crippen LogP contribution is 2.24. The molecule has 8 heteroatoms. The van der Waals surface area contributed by atoms with E-state index < -0.39 is 18.1 Å². The molecule has 4 aromatic rings. The molecular weight excluding hydrogens is 398 g/mol. The summed E-state index contributed by atoms with van der Waals surface area (Å²) in [5.41, 5.74) is 2.93. The number of aromatic nitrogens is 3. The second-order valence-electron chi connectivity index (χ2n) is 7.79. The third kappa shape index (κ3) is 3.65. The number of Topliss-reactive ketones (excluding diaryl/α,β-unsaturated/α-hetero) is 1. The van der Waals surface area contributed by atoms with Crippen molar-refractivity contribution in [2.24, 2.45) is 0 Å². The largest absolute Gasteiger partial charge is 0.456 e. The van der Waals surface area contributed by atoms with Crippen molar-refractivity contribution < 1.29 is 18.7 Å². The van der Waals surface area contributed by atoms with E-state index in [1.807, 2.05) is 39.8 Å². The fraction of sp³-hybridized carbons (Fsp3) is 0.304. The fourth-order valence-corrected chi connectivity index (χ4v) is 3.99. The van der Waals surface area contributed by atoms with Gasteiger partial charge in [0, 0.05) is 28.4 Å². The number of rotatable bonds is 6. The van der Waals surface area contributed by atoms with Crippen LogP contribution in [0.15, 0.2) is 45.9 Å². The number of fused-ring (bicyclic) bond motifs is 3. The second kappa shape index (κ2) is 7.86. The van der Waals surface area contributed by atoms with Crippen LogP contribution in [0.3, 0.4) is 0 Å². The highest BCUT2D eigenvalue weighted by Gasteiger charge is 2.19. The van der Waals surface area contributed by atoms with Crippen LogP contribution in [-0.4, -0.2) is 32.5 Å². The number of furan rings is 1. The summed E-state index contributed by atoms with van der Waals surface area (Å²) in [6.07, 6.45) is 1.28. The van der Waals surface area contributed by atoms with Crippen LogP contribution in [0, 0.1) is 13.8 Å². The van der Waals surface area contributed by atoms with Crippen LogP contribution in [0.25, 0.3) is 22.1 Å². The molecule has 0 fully saturated rings. The Hall–Kier alpha value is -3.68. The number of para-hydroxylation sites is 1. The Labute approximate surface area is 178 Å². The lowest BCUT2D eigenvalue weighted by molar-refractivity contribution is -0.143. The van der Waals surface area contributed by atoms with Crippen molar-refractivity contribution in [1.82, 2.24) is 14.1 Å². The SMILES string of the molecule is Cc1cc(C(=O)COC(=O)Cn2cnc3c(oc4ccccc43)c2=O)c(C)n1C(C)C. The third-order valence-electron chi connectivity index (χ3n) is 5.32. The van der Waals surface area contributed by atoms with Crippen LogP contribution in [0.2, 0.25) is 0 Å². The number of hydrogen-bond donors (Lipinski definition) is 0. The van der Waals surface area contributed by atoms with Gasteiger partial charge in [-0.15, -0.1) is 0 Å². The van der Waals surface area contributed by atoms with Crippen molar-refractivity contribution in [3.63, 3.8) is 0 Å². The second-order valence-corrected chi connectivity index (χ2v) is 7.79. The normalized spacial score (nSPS) is 11.5. The molecule has 0 amide bonds. The molecule has 3 aromatic heterocycles. The summed E-state index contributed by atoms with van der Waals surface area (Å²) < 4.78 is 13.9. The summed E-state index contributed by atoms with van der Waals surface area (Å²) in [6, 6.07) is 9.21. The number of hydrogen-bond acceptors (Lipinski definition) is 6. The maximum atomic E-state index is 12.7. The Morgan fingerprint density at radius 2 is 1.94 bits per heavy atom. The maximum Gasteiger partial charge on any atom is 0.326 e. The minimum atomic E-state index is -0.703. The fourth-order valence-electron chi connectivity index (χ4n) is 3.99. The number of ether oxygens (including phenoxy) is 1. The molecule has 0 aliphatic rings. The maximum absolute atomic E-state index is 12.7. The van der Waals surface area contributed by atoms with E-state index in [1.165, 1.54) is 6.33 Å². The number of nitrogens with zero attached hydrogens (tertiary/aromatic N) is 3. The molecule has 0 bridgehead atoms. The Morgan fingerprint density at radius 3 is 2.65 bits per heavy atom. The molecule has 8 nitrogen and oxygen atoms in total. The van der Waals surface area contributed by atoms with E-state index in [9.17, 15) is 14.4 Å². The van der Waals surface area contributed by atoms with Gasteiger partial charge in [-0.3, -0.25) is 19.0 Å². The van der Waals surface area contributed by atoms with Gasteiger partial charge in [0.05, 0.1) is 6.33 Å². The van der Waals surface area contributed by atoms with Crippen LogP contribution in [0.4, 0.5) is 0 Å². The van der Waals surface area contributed by atoms with Crippen LogP contribution in [-0.2, 0) is 16.1 Å². The van der Waals surface area contributed by atoms with Crippen molar-refractivity contribution in [2.75, 3.05) is 6.61 Å². The van der Waals surface area contributed by atoms with Crippen LogP contribution in [0.1, 0.15) is 41.6 Å². The first-order valence-electron chi connectivity index (χ1n) is 10.0. The Balaban J connectivity index is 1.48. The lowest BCUT2D eigenvalue weighted by Gasteiger charge is -2.13. The molecule has 0 N–H and O–H groups in total. The molecule has 0 aliphatic heterocycles. The highest BCUT2D eigenvalue weighted by molar-refractivity contribution is 6.02. The molecule has 160 valence electrons. The molecule has 1 aromatic carbocycles. The Kier molecular flexibility index (Phi) is 5.22. The molecule has 4 rings (SSSR count). The smallest absolute Gasteiger partial charge is 0.326 e. The molecule has 0 radical (unpaired) electrons. The van der Waals surface area contributed by atoms with Crippen molar-refractivity contribution >= 4 is 33.8 Å². The highest BCUT2D eigenvalue weighted by atomic mass is 16.5. The lowest BCUT2D eigenvalue weighted by Crippen LogP contribution is -2.26. The number of esters is 1. The third-order valence-corrected chi connectivity index (χ3v) is 5.32. The zero-order chi connectivity index (χ0) is 22.3. The van der Waals surface area contributed by atoms with E-state index in [4.69, 9.17) is 9.15 Å². The zero-order valence-electron chi connectivity index (χ0n) is 17.8. The number of ketones is 1. The number of carbonyl (C=O) groups is 2. The van der Waals surface area contributed by atoms with Crippen molar-refractivity contribution in [2.45, 2.75) is 40.3 Å². The quantitative estimate of drug-likeness (QED) is 0.349. The standard InChI is InChI=1S/C23H23N3O5/c1-13(2)26-14(3)9-17(15(26)4)18(27)11-30-20(28)10-25-12-24-21-16-7-5-6-8-19(16)31-22(21)23(25)29/h5-9,12-13H,10-11H2,1-4H3. The van der Waals surface area contributed by atoms with Gasteiger partial charge in [0.15, 0.2) is 6.61 Å². The average molecular weight is 421 g/mol. The monoisotopic (exact) mass is 421 g/mol. The molecular formula is C23H23N3O5. The first-order valence-corrected chi connectivity index (χ1v) is 10.0.